The van der Waals surface area contributed by atoms with Gasteiger partial charge in [-0.3, -0.25) is 14.8 Å². The number of fused-ring (bicyclic) bond motifs is 1. The van der Waals surface area contributed by atoms with Gasteiger partial charge in [0.05, 0.1) is 6.04 Å². The first-order valence-electron chi connectivity index (χ1n) is 7.12. The molecule has 1 aromatic carbocycles. The maximum atomic E-state index is 12.8. The minimum absolute atomic E-state index is 0.119. The normalized spacial score (nSPS) is 16.9. The summed E-state index contributed by atoms with van der Waals surface area (Å²) in [4.78, 5) is 18.9. The van der Waals surface area contributed by atoms with Crippen molar-refractivity contribution in [1.29, 1.82) is 0 Å². The number of pyridine rings is 1. The predicted octanol–water partition coefficient (Wildman–Crippen LogP) is 2.86. The fourth-order valence-corrected chi connectivity index (χ4v) is 2.98. The fourth-order valence-electron chi connectivity index (χ4n) is 2.98. The Morgan fingerprint density at radius 2 is 1.86 bits per heavy atom. The van der Waals surface area contributed by atoms with E-state index in [1.807, 2.05) is 55.5 Å². The minimum Gasteiger partial charge on any atom is -0.282 e. The van der Waals surface area contributed by atoms with Gasteiger partial charge in [0.25, 0.3) is 5.91 Å². The number of amides is 1. The molecule has 5 nitrogen and oxygen atoms in total. The van der Waals surface area contributed by atoms with Crippen molar-refractivity contribution in [2.24, 2.45) is 0 Å². The average molecular weight is 290 g/mol. The van der Waals surface area contributed by atoms with Gasteiger partial charge in [-0.25, -0.2) is 4.98 Å². The van der Waals surface area contributed by atoms with Crippen molar-refractivity contribution in [3.63, 3.8) is 0 Å². The van der Waals surface area contributed by atoms with E-state index in [-0.39, 0.29) is 11.9 Å². The molecule has 0 saturated carbocycles. The van der Waals surface area contributed by atoms with E-state index in [4.69, 9.17) is 0 Å². The third kappa shape index (κ3) is 1.75. The summed E-state index contributed by atoms with van der Waals surface area (Å²) in [5.74, 6) is 0.519. The molecule has 5 heteroatoms. The largest absolute Gasteiger partial charge is 0.282 e. The van der Waals surface area contributed by atoms with Crippen LogP contribution in [0.4, 0.5) is 5.82 Å². The second-order valence-electron chi connectivity index (χ2n) is 5.29. The highest BCUT2D eigenvalue weighted by atomic mass is 16.2. The van der Waals surface area contributed by atoms with Crippen LogP contribution in [0.3, 0.4) is 0 Å². The molecule has 3 aromatic rings. The van der Waals surface area contributed by atoms with E-state index >= 15 is 0 Å². The number of rotatable bonds is 2. The maximum absolute atomic E-state index is 12.8. The van der Waals surface area contributed by atoms with Gasteiger partial charge in [0.15, 0.2) is 5.69 Å². The number of nitrogens with zero attached hydrogens (tertiary/aromatic N) is 3. The molecule has 1 N–H and O–H groups in total. The van der Waals surface area contributed by atoms with Crippen molar-refractivity contribution in [3.8, 4) is 0 Å². The van der Waals surface area contributed by atoms with Gasteiger partial charge in [-0.05, 0) is 24.6 Å². The number of carbonyl (C=O) groups excluding carboxylic acids is 1. The Labute approximate surface area is 127 Å². The highest BCUT2D eigenvalue weighted by molar-refractivity contribution is 6.10. The molecule has 1 unspecified atom stereocenters. The zero-order valence-corrected chi connectivity index (χ0v) is 12.0. The minimum atomic E-state index is -0.197. The van der Waals surface area contributed by atoms with Crippen molar-refractivity contribution in [1.82, 2.24) is 15.2 Å². The third-order valence-corrected chi connectivity index (χ3v) is 3.96. The molecule has 0 bridgehead atoms. The molecule has 0 fully saturated rings. The van der Waals surface area contributed by atoms with Crippen molar-refractivity contribution in [2.45, 2.75) is 13.0 Å². The Morgan fingerprint density at radius 3 is 2.59 bits per heavy atom. The van der Waals surface area contributed by atoms with Crippen LogP contribution in [0, 0.1) is 6.92 Å². The summed E-state index contributed by atoms with van der Waals surface area (Å²) in [6, 6.07) is 15.3. The molecule has 4 rings (SSSR count). The van der Waals surface area contributed by atoms with Crippen LogP contribution in [0.15, 0.2) is 54.7 Å². The average Bonchev–Trinajstić information content (AvgIpc) is 3.08. The van der Waals surface area contributed by atoms with Gasteiger partial charge >= 0.3 is 0 Å². The van der Waals surface area contributed by atoms with Crippen molar-refractivity contribution < 1.29 is 4.79 Å². The molecular weight excluding hydrogens is 276 g/mol. The van der Waals surface area contributed by atoms with E-state index in [0.717, 1.165) is 16.8 Å². The van der Waals surface area contributed by atoms with E-state index in [1.165, 1.54) is 0 Å². The van der Waals surface area contributed by atoms with Gasteiger partial charge in [0, 0.05) is 17.5 Å². The number of aromatic nitrogens is 3. The van der Waals surface area contributed by atoms with Gasteiger partial charge in [0.1, 0.15) is 5.82 Å². The summed E-state index contributed by atoms with van der Waals surface area (Å²) in [6.45, 7) is 1.94. The van der Waals surface area contributed by atoms with Crippen LogP contribution in [0.1, 0.15) is 33.4 Å². The lowest BCUT2D eigenvalue weighted by atomic mass is 9.99. The molecule has 0 aliphatic carbocycles. The summed E-state index contributed by atoms with van der Waals surface area (Å²) in [6.07, 6.45) is 1.69. The van der Waals surface area contributed by atoms with Crippen LogP contribution in [-0.2, 0) is 0 Å². The zero-order chi connectivity index (χ0) is 15.1. The molecule has 0 radical (unpaired) electrons. The Morgan fingerprint density at radius 1 is 1.09 bits per heavy atom. The van der Waals surface area contributed by atoms with Crippen LogP contribution in [0.5, 0.6) is 0 Å². The molecule has 108 valence electrons. The molecule has 0 saturated heterocycles. The predicted molar refractivity (Wildman–Crippen MR) is 82.7 cm³/mol. The Bertz CT molecular complexity index is 826. The Hall–Kier alpha value is -2.95. The Balaban J connectivity index is 1.93. The number of anilines is 1. The standard InChI is InChI=1S/C17H14N4O/c1-11-14-15(20-19-11)17(22)21(13-9-5-6-10-18-13)16(14)12-7-3-2-4-8-12/h2-10,16H,1H3,(H,19,20). The second-order valence-corrected chi connectivity index (χ2v) is 5.29. The number of hydrogen-bond donors (Lipinski definition) is 1. The number of H-pyrrole nitrogens is 1. The quantitative estimate of drug-likeness (QED) is 0.789. The summed E-state index contributed by atoms with van der Waals surface area (Å²) in [7, 11) is 0. The number of benzene rings is 1. The van der Waals surface area contributed by atoms with E-state index in [1.54, 1.807) is 11.1 Å². The van der Waals surface area contributed by atoms with E-state index in [0.29, 0.717) is 11.5 Å². The highest BCUT2D eigenvalue weighted by Crippen LogP contribution is 2.41. The lowest BCUT2D eigenvalue weighted by molar-refractivity contribution is 0.0988. The molecule has 1 amide bonds. The summed E-state index contributed by atoms with van der Waals surface area (Å²) < 4.78 is 0. The fraction of sp³-hybridized carbons (Fsp3) is 0.118. The molecule has 0 spiro atoms. The van der Waals surface area contributed by atoms with Gasteiger partial charge in [0.2, 0.25) is 0 Å². The third-order valence-electron chi connectivity index (χ3n) is 3.96. The van der Waals surface area contributed by atoms with Crippen LogP contribution in [-0.4, -0.2) is 21.1 Å². The number of hydrogen-bond acceptors (Lipinski definition) is 3. The van der Waals surface area contributed by atoms with Crippen molar-refractivity contribution >= 4 is 11.7 Å². The summed E-state index contributed by atoms with van der Waals surface area (Å²) in [5, 5.41) is 7.11. The first kappa shape index (κ1) is 12.8. The number of aryl methyl sites for hydroxylation is 1. The van der Waals surface area contributed by atoms with Gasteiger partial charge in [-0.2, -0.15) is 5.10 Å². The molecule has 22 heavy (non-hydrogen) atoms. The zero-order valence-electron chi connectivity index (χ0n) is 12.0. The molecular formula is C17H14N4O. The topological polar surface area (TPSA) is 61.9 Å². The summed E-state index contributed by atoms with van der Waals surface area (Å²) >= 11 is 0. The Kier molecular flexibility index (Phi) is 2.79. The highest BCUT2D eigenvalue weighted by Gasteiger charge is 2.42. The van der Waals surface area contributed by atoms with E-state index in [2.05, 4.69) is 15.2 Å². The number of aromatic amines is 1. The lowest BCUT2D eigenvalue weighted by Crippen LogP contribution is -2.30. The van der Waals surface area contributed by atoms with Gasteiger partial charge in [-0.15, -0.1) is 0 Å². The van der Waals surface area contributed by atoms with Crippen LogP contribution in [0.25, 0.3) is 0 Å². The van der Waals surface area contributed by atoms with Gasteiger partial charge in [-0.1, -0.05) is 36.4 Å². The monoisotopic (exact) mass is 290 g/mol. The first-order chi connectivity index (χ1) is 10.8. The van der Waals surface area contributed by atoms with Crippen LogP contribution in [0.2, 0.25) is 0 Å². The second kappa shape index (κ2) is 4.80. The molecule has 1 aliphatic heterocycles. The molecule has 1 aliphatic rings. The first-order valence-corrected chi connectivity index (χ1v) is 7.12. The molecule has 1 atom stereocenters. The molecule has 2 aromatic heterocycles. The lowest BCUT2D eigenvalue weighted by Gasteiger charge is -2.25. The SMILES string of the molecule is Cc1[nH]nc2c1C(c1ccccc1)N(c1ccccn1)C2=O. The molecule has 3 heterocycles. The van der Waals surface area contributed by atoms with E-state index in [9.17, 15) is 4.79 Å². The number of nitrogens with one attached hydrogen (secondary N) is 1. The maximum Gasteiger partial charge on any atom is 0.281 e. The van der Waals surface area contributed by atoms with Crippen molar-refractivity contribution in [3.05, 3.63) is 77.2 Å². The smallest absolute Gasteiger partial charge is 0.281 e. The van der Waals surface area contributed by atoms with Crippen molar-refractivity contribution in [2.75, 3.05) is 4.90 Å². The van der Waals surface area contributed by atoms with Crippen LogP contribution >= 0.6 is 0 Å². The summed E-state index contributed by atoms with van der Waals surface area (Å²) in [5.41, 5.74) is 3.37. The van der Waals surface area contributed by atoms with Gasteiger partial charge < -0.3 is 0 Å². The van der Waals surface area contributed by atoms with Crippen LogP contribution < -0.4 is 4.90 Å². The number of carbonyl (C=O) groups is 1. The van der Waals surface area contributed by atoms with E-state index < -0.39 is 0 Å².